The van der Waals surface area contributed by atoms with Gasteiger partial charge in [0, 0.05) is 15.6 Å². The fraction of sp³-hybridized carbons (Fsp3) is 0.200. The molecule has 0 bridgehead atoms. The van der Waals surface area contributed by atoms with E-state index in [1.54, 1.807) is 12.1 Å². The second-order valence-electron chi connectivity index (χ2n) is 4.49. The second kappa shape index (κ2) is 6.51. The molecule has 0 aliphatic carbocycles. The summed E-state index contributed by atoms with van der Waals surface area (Å²) in [6.45, 7) is 1.89. The molecular weight excluding hydrogens is 385 g/mol. The zero-order valence-electron chi connectivity index (χ0n) is 11.2. The van der Waals surface area contributed by atoms with Crippen LogP contribution in [0.2, 0.25) is 5.02 Å². The van der Waals surface area contributed by atoms with Crippen LogP contribution in [0.15, 0.2) is 28.7 Å². The van der Waals surface area contributed by atoms with Gasteiger partial charge in [0.15, 0.2) is 0 Å². The van der Waals surface area contributed by atoms with E-state index in [1.807, 2.05) is 6.92 Å². The maximum Gasteiger partial charge on any atom is 0.142 e. The highest BCUT2D eigenvalue weighted by Gasteiger charge is 2.22. The third-order valence-corrected chi connectivity index (χ3v) is 4.71. The fourth-order valence-corrected chi connectivity index (χ4v) is 2.79. The van der Waals surface area contributed by atoms with Crippen LogP contribution in [0.25, 0.3) is 0 Å². The summed E-state index contributed by atoms with van der Waals surface area (Å²) in [5.41, 5.74) is 1.49. The highest BCUT2D eigenvalue weighted by atomic mass is 79.9. The van der Waals surface area contributed by atoms with E-state index in [0.717, 1.165) is 22.2 Å². The Balaban J connectivity index is 2.57. The Kier molecular flexibility index (Phi) is 5.12. The monoisotopic (exact) mass is 394 g/mol. The predicted octanol–water partition coefficient (Wildman–Crippen LogP) is 6.03. The van der Waals surface area contributed by atoms with Crippen molar-refractivity contribution in [3.8, 4) is 5.75 Å². The molecule has 112 valence electrons. The molecule has 0 aromatic heterocycles. The van der Waals surface area contributed by atoms with Crippen LogP contribution in [-0.4, -0.2) is 7.11 Å². The van der Waals surface area contributed by atoms with Gasteiger partial charge in [0.05, 0.1) is 17.5 Å². The van der Waals surface area contributed by atoms with Gasteiger partial charge in [-0.3, -0.25) is 0 Å². The van der Waals surface area contributed by atoms with Crippen molar-refractivity contribution in [2.45, 2.75) is 12.3 Å². The smallest absolute Gasteiger partial charge is 0.142 e. The number of aryl methyl sites for hydroxylation is 1. The number of alkyl halides is 1. The minimum atomic E-state index is -0.899. The molecular formula is C15H11BrCl2F2O. The van der Waals surface area contributed by atoms with Crippen molar-refractivity contribution < 1.29 is 13.5 Å². The molecule has 0 aliphatic rings. The number of benzene rings is 2. The molecule has 0 amide bonds. The molecule has 2 aromatic rings. The van der Waals surface area contributed by atoms with E-state index < -0.39 is 17.0 Å². The summed E-state index contributed by atoms with van der Waals surface area (Å²) in [5.74, 6) is -0.880. The van der Waals surface area contributed by atoms with Gasteiger partial charge in [-0.25, -0.2) is 8.78 Å². The van der Waals surface area contributed by atoms with E-state index in [0.29, 0.717) is 11.3 Å². The molecule has 1 unspecified atom stereocenters. The van der Waals surface area contributed by atoms with Gasteiger partial charge in [-0.1, -0.05) is 27.5 Å². The van der Waals surface area contributed by atoms with Crippen LogP contribution >= 0.6 is 39.1 Å². The molecule has 0 saturated heterocycles. The Bertz CT molecular complexity index is 692. The molecule has 0 saturated carbocycles. The van der Waals surface area contributed by atoms with Crippen molar-refractivity contribution in [2.75, 3.05) is 7.11 Å². The zero-order chi connectivity index (χ0) is 15.7. The fourth-order valence-electron chi connectivity index (χ4n) is 1.94. The lowest BCUT2D eigenvalue weighted by Crippen LogP contribution is -2.02. The predicted molar refractivity (Wildman–Crippen MR) is 84.5 cm³/mol. The van der Waals surface area contributed by atoms with Gasteiger partial charge in [0.2, 0.25) is 0 Å². The van der Waals surface area contributed by atoms with Crippen LogP contribution in [0.5, 0.6) is 5.75 Å². The molecule has 0 aliphatic heterocycles. The summed E-state index contributed by atoms with van der Waals surface area (Å²) in [6, 6.07) is 5.43. The number of hydrogen-bond donors (Lipinski definition) is 0. The Labute approximate surface area is 140 Å². The third kappa shape index (κ3) is 3.33. The zero-order valence-corrected chi connectivity index (χ0v) is 14.3. The van der Waals surface area contributed by atoms with Gasteiger partial charge in [-0.2, -0.15) is 0 Å². The van der Waals surface area contributed by atoms with E-state index in [-0.39, 0.29) is 10.6 Å². The number of rotatable bonds is 3. The SMILES string of the molecule is COc1cc(C)c(Br)cc1C(Cl)c1cc(F)c(Cl)cc1F. The minimum Gasteiger partial charge on any atom is -0.496 e. The van der Waals surface area contributed by atoms with Crippen LogP contribution < -0.4 is 4.74 Å². The topological polar surface area (TPSA) is 9.23 Å². The van der Waals surface area contributed by atoms with Gasteiger partial charge >= 0.3 is 0 Å². The number of methoxy groups -OCH3 is 1. The Morgan fingerprint density at radius 1 is 1.10 bits per heavy atom. The highest BCUT2D eigenvalue weighted by molar-refractivity contribution is 9.10. The molecule has 2 aromatic carbocycles. The first kappa shape index (κ1) is 16.5. The molecule has 2 rings (SSSR count). The van der Waals surface area contributed by atoms with Crippen LogP contribution in [0.4, 0.5) is 8.78 Å². The van der Waals surface area contributed by atoms with Crippen LogP contribution in [0.3, 0.4) is 0 Å². The Morgan fingerprint density at radius 3 is 2.38 bits per heavy atom. The summed E-state index contributed by atoms with van der Waals surface area (Å²) in [5, 5.41) is -1.18. The van der Waals surface area contributed by atoms with E-state index in [1.165, 1.54) is 7.11 Å². The summed E-state index contributed by atoms with van der Waals surface area (Å²) in [7, 11) is 1.49. The molecule has 6 heteroatoms. The summed E-state index contributed by atoms with van der Waals surface area (Å²) >= 11 is 15.3. The largest absolute Gasteiger partial charge is 0.496 e. The van der Waals surface area contributed by atoms with E-state index in [2.05, 4.69) is 15.9 Å². The quantitative estimate of drug-likeness (QED) is 0.455. The summed E-state index contributed by atoms with van der Waals surface area (Å²) in [6.07, 6.45) is 0. The van der Waals surface area contributed by atoms with Crippen LogP contribution in [-0.2, 0) is 0 Å². The molecule has 0 N–H and O–H groups in total. The lowest BCUT2D eigenvalue weighted by molar-refractivity contribution is 0.409. The van der Waals surface area contributed by atoms with Crippen molar-refractivity contribution in [2.24, 2.45) is 0 Å². The molecule has 1 atom stereocenters. The lowest BCUT2D eigenvalue weighted by atomic mass is 10.0. The normalized spacial score (nSPS) is 12.3. The highest BCUT2D eigenvalue weighted by Crippen LogP contribution is 2.39. The van der Waals surface area contributed by atoms with Crippen molar-refractivity contribution in [1.29, 1.82) is 0 Å². The number of ether oxygens (including phenoxy) is 1. The summed E-state index contributed by atoms with van der Waals surface area (Å²) < 4.78 is 33.6. The van der Waals surface area contributed by atoms with E-state index in [9.17, 15) is 8.78 Å². The maximum absolute atomic E-state index is 14.0. The van der Waals surface area contributed by atoms with Gasteiger partial charge < -0.3 is 4.74 Å². The Morgan fingerprint density at radius 2 is 1.76 bits per heavy atom. The van der Waals surface area contributed by atoms with Crippen molar-refractivity contribution in [1.82, 2.24) is 0 Å². The minimum absolute atomic E-state index is 0.00706. The third-order valence-electron chi connectivity index (χ3n) is 3.10. The van der Waals surface area contributed by atoms with E-state index in [4.69, 9.17) is 27.9 Å². The lowest BCUT2D eigenvalue weighted by Gasteiger charge is -2.17. The molecule has 21 heavy (non-hydrogen) atoms. The average molecular weight is 396 g/mol. The second-order valence-corrected chi connectivity index (χ2v) is 6.19. The van der Waals surface area contributed by atoms with Gasteiger partial charge in [-0.05, 0) is 36.8 Å². The molecule has 0 spiro atoms. The molecule has 0 fully saturated rings. The molecule has 0 radical (unpaired) electrons. The molecule has 1 nitrogen and oxygen atoms in total. The molecule has 0 heterocycles. The first-order valence-electron chi connectivity index (χ1n) is 5.97. The van der Waals surface area contributed by atoms with E-state index >= 15 is 0 Å². The first-order chi connectivity index (χ1) is 9.85. The number of halogens is 5. The van der Waals surface area contributed by atoms with Crippen LogP contribution in [0.1, 0.15) is 22.1 Å². The maximum atomic E-state index is 14.0. The summed E-state index contributed by atoms with van der Waals surface area (Å²) in [4.78, 5) is 0. The van der Waals surface area contributed by atoms with Gasteiger partial charge in [0.25, 0.3) is 0 Å². The number of hydrogen-bond acceptors (Lipinski definition) is 1. The first-order valence-corrected chi connectivity index (χ1v) is 7.58. The standard InChI is InChI=1S/C15H11BrCl2F2O/c1-7-3-14(21-2)9(4-10(7)16)15(18)8-5-13(20)11(17)6-12(8)19/h3-6,15H,1-2H3. The Hall–Kier alpha value is -0.840. The van der Waals surface area contributed by atoms with Crippen molar-refractivity contribution in [3.05, 3.63) is 62.1 Å². The van der Waals surface area contributed by atoms with Crippen molar-refractivity contribution in [3.63, 3.8) is 0 Å². The van der Waals surface area contributed by atoms with Gasteiger partial charge in [0.1, 0.15) is 17.4 Å². The van der Waals surface area contributed by atoms with Crippen LogP contribution in [0, 0.1) is 18.6 Å². The van der Waals surface area contributed by atoms with Gasteiger partial charge in [-0.15, -0.1) is 11.6 Å². The van der Waals surface area contributed by atoms with Crippen molar-refractivity contribution >= 4 is 39.1 Å². The average Bonchev–Trinajstić information content (AvgIpc) is 2.44.